The van der Waals surface area contributed by atoms with E-state index in [0.29, 0.717) is 5.41 Å². The van der Waals surface area contributed by atoms with Gasteiger partial charge in [0.1, 0.15) is 0 Å². The molecule has 0 bridgehead atoms. The first-order chi connectivity index (χ1) is 9.32. The molecular weight excluding hydrogens is 244 g/mol. The zero-order valence-corrected chi connectivity index (χ0v) is 14.4. The second kappa shape index (κ2) is 6.79. The summed E-state index contributed by atoms with van der Waals surface area (Å²) in [5.74, 6) is 2.66. The first-order valence-corrected chi connectivity index (χ1v) is 8.77. The minimum absolute atomic E-state index is 0.468. The smallest absolute Gasteiger partial charge is 0.0198 e. The van der Waals surface area contributed by atoms with Crippen molar-refractivity contribution in [2.24, 2.45) is 23.2 Å². The number of hydrogen-bond acceptors (Lipinski definition) is 2. The summed E-state index contributed by atoms with van der Waals surface area (Å²) in [5, 5.41) is 3.82. The van der Waals surface area contributed by atoms with Gasteiger partial charge in [0.05, 0.1) is 0 Å². The molecular formula is C18H36N2. The van der Waals surface area contributed by atoms with Crippen LogP contribution in [0.25, 0.3) is 0 Å². The Bertz CT molecular complexity index is 288. The van der Waals surface area contributed by atoms with Gasteiger partial charge in [-0.15, -0.1) is 0 Å². The number of nitrogens with one attached hydrogen (secondary N) is 1. The average Bonchev–Trinajstić information content (AvgIpc) is 3.07. The summed E-state index contributed by atoms with van der Waals surface area (Å²) in [7, 11) is 0. The number of piperidine rings is 1. The maximum Gasteiger partial charge on any atom is 0.0198 e. The third kappa shape index (κ3) is 6.13. The number of likely N-dealkylation sites (tertiary alicyclic amines) is 1. The molecule has 0 radical (unpaired) electrons. The minimum Gasteiger partial charge on any atom is -0.312 e. The first kappa shape index (κ1) is 16.3. The van der Waals surface area contributed by atoms with E-state index in [0.717, 1.165) is 23.8 Å². The minimum atomic E-state index is 0.468. The Hall–Kier alpha value is -0.0800. The zero-order chi connectivity index (χ0) is 14.8. The van der Waals surface area contributed by atoms with Crippen LogP contribution in [-0.2, 0) is 0 Å². The van der Waals surface area contributed by atoms with Crippen molar-refractivity contribution in [3.63, 3.8) is 0 Å². The van der Waals surface area contributed by atoms with E-state index in [1.807, 2.05) is 0 Å². The molecule has 2 heteroatoms. The Morgan fingerprint density at radius 2 is 1.80 bits per heavy atom. The molecule has 1 heterocycles. The van der Waals surface area contributed by atoms with Crippen molar-refractivity contribution in [1.82, 2.24) is 10.2 Å². The summed E-state index contributed by atoms with van der Waals surface area (Å²) < 4.78 is 0. The molecule has 2 fully saturated rings. The van der Waals surface area contributed by atoms with Crippen LogP contribution in [0.4, 0.5) is 0 Å². The molecule has 20 heavy (non-hydrogen) atoms. The van der Waals surface area contributed by atoms with Gasteiger partial charge in [0.25, 0.3) is 0 Å². The third-order valence-corrected chi connectivity index (χ3v) is 4.54. The van der Waals surface area contributed by atoms with Crippen LogP contribution in [0.5, 0.6) is 0 Å². The molecule has 2 nitrogen and oxygen atoms in total. The predicted molar refractivity (Wildman–Crippen MR) is 88.0 cm³/mol. The van der Waals surface area contributed by atoms with E-state index in [1.54, 1.807) is 0 Å². The quantitative estimate of drug-likeness (QED) is 0.797. The van der Waals surface area contributed by atoms with Gasteiger partial charge >= 0.3 is 0 Å². The summed E-state index contributed by atoms with van der Waals surface area (Å²) in [6.45, 7) is 17.0. The Morgan fingerprint density at radius 3 is 2.35 bits per heavy atom. The molecule has 2 rings (SSSR count). The topological polar surface area (TPSA) is 15.3 Å². The molecule has 2 atom stereocenters. The maximum absolute atomic E-state index is 3.82. The van der Waals surface area contributed by atoms with Crippen LogP contribution < -0.4 is 5.32 Å². The summed E-state index contributed by atoms with van der Waals surface area (Å²) in [6.07, 6.45) is 5.70. The van der Waals surface area contributed by atoms with Gasteiger partial charge in [-0.1, -0.05) is 34.6 Å². The molecule has 0 aromatic heterocycles. The lowest BCUT2D eigenvalue weighted by Gasteiger charge is -2.40. The Balaban J connectivity index is 1.86. The average molecular weight is 280 g/mol. The number of nitrogens with zero attached hydrogens (tertiary/aromatic N) is 1. The third-order valence-electron chi connectivity index (χ3n) is 4.54. The van der Waals surface area contributed by atoms with E-state index in [4.69, 9.17) is 0 Å². The van der Waals surface area contributed by atoms with Crippen molar-refractivity contribution in [3.8, 4) is 0 Å². The molecule has 1 aliphatic carbocycles. The van der Waals surface area contributed by atoms with E-state index in [2.05, 4.69) is 44.8 Å². The molecule has 0 spiro atoms. The monoisotopic (exact) mass is 280 g/mol. The summed E-state index contributed by atoms with van der Waals surface area (Å²) in [6, 6.07) is 0.720. The number of rotatable bonds is 6. The Morgan fingerprint density at radius 1 is 1.10 bits per heavy atom. The standard InChI is InChI=1S/C18H36N2/c1-14(2)10-19-17-8-16(9-18(3,4)5)12-20(13-17)11-15-6-7-15/h14-17,19H,6-13H2,1-5H3. The van der Waals surface area contributed by atoms with Gasteiger partial charge in [0, 0.05) is 25.7 Å². The fourth-order valence-electron chi connectivity index (χ4n) is 3.68. The second-order valence-electron chi connectivity index (χ2n) is 9.03. The van der Waals surface area contributed by atoms with Crippen LogP contribution in [-0.4, -0.2) is 37.1 Å². The van der Waals surface area contributed by atoms with E-state index in [9.17, 15) is 0 Å². The lowest BCUT2D eigenvalue weighted by molar-refractivity contribution is 0.109. The van der Waals surface area contributed by atoms with Crippen molar-refractivity contribution in [1.29, 1.82) is 0 Å². The van der Waals surface area contributed by atoms with Crippen LogP contribution in [0.3, 0.4) is 0 Å². The van der Waals surface area contributed by atoms with Gasteiger partial charge < -0.3 is 10.2 Å². The molecule has 2 unspecified atom stereocenters. The highest BCUT2D eigenvalue weighted by molar-refractivity contribution is 4.88. The van der Waals surface area contributed by atoms with Gasteiger partial charge in [0.2, 0.25) is 0 Å². The largest absolute Gasteiger partial charge is 0.312 e. The highest BCUT2D eigenvalue weighted by Gasteiger charge is 2.32. The molecule has 0 amide bonds. The summed E-state index contributed by atoms with van der Waals surface area (Å²) >= 11 is 0. The van der Waals surface area contributed by atoms with Gasteiger partial charge in [-0.05, 0) is 55.4 Å². The fourth-order valence-corrected chi connectivity index (χ4v) is 3.68. The van der Waals surface area contributed by atoms with Crippen LogP contribution >= 0.6 is 0 Å². The molecule has 1 N–H and O–H groups in total. The van der Waals surface area contributed by atoms with Crippen molar-refractivity contribution in [2.75, 3.05) is 26.2 Å². The van der Waals surface area contributed by atoms with Crippen LogP contribution in [0.15, 0.2) is 0 Å². The summed E-state index contributed by atoms with van der Waals surface area (Å²) in [4.78, 5) is 2.76. The second-order valence-corrected chi connectivity index (χ2v) is 9.03. The van der Waals surface area contributed by atoms with Crippen molar-refractivity contribution in [2.45, 2.75) is 66.3 Å². The van der Waals surface area contributed by atoms with Gasteiger partial charge in [-0.3, -0.25) is 0 Å². The van der Waals surface area contributed by atoms with Crippen molar-refractivity contribution >= 4 is 0 Å². The molecule has 1 aliphatic heterocycles. The van der Waals surface area contributed by atoms with E-state index in [-0.39, 0.29) is 0 Å². The highest BCUT2D eigenvalue weighted by atomic mass is 15.2. The molecule has 1 saturated carbocycles. The van der Waals surface area contributed by atoms with E-state index in [1.165, 1.54) is 51.9 Å². The van der Waals surface area contributed by atoms with Crippen LogP contribution in [0, 0.1) is 23.2 Å². The van der Waals surface area contributed by atoms with Crippen molar-refractivity contribution < 1.29 is 0 Å². The maximum atomic E-state index is 3.82. The molecule has 0 aromatic carbocycles. The lowest BCUT2D eigenvalue weighted by Crippen LogP contribution is -2.50. The molecule has 118 valence electrons. The van der Waals surface area contributed by atoms with Crippen LogP contribution in [0.2, 0.25) is 0 Å². The lowest BCUT2D eigenvalue weighted by atomic mass is 9.80. The Kier molecular flexibility index (Phi) is 5.53. The Labute approximate surface area is 126 Å². The zero-order valence-electron chi connectivity index (χ0n) is 14.4. The van der Waals surface area contributed by atoms with Crippen LogP contribution in [0.1, 0.15) is 60.3 Å². The van der Waals surface area contributed by atoms with Gasteiger partial charge in [0.15, 0.2) is 0 Å². The molecule has 2 aliphatic rings. The summed E-state index contributed by atoms with van der Waals surface area (Å²) in [5.41, 5.74) is 0.468. The number of hydrogen-bond donors (Lipinski definition) is 1. The fraction of sp³-hybridized carbons (Fsp3) is 1.00. The van der Waals surface area contributed by atoms with Gasteiger partial charge in [-0.25, -0.2) is 0 Å². The first-order valence-electron chi connectivity index (χ1n) is 8.77. The van der Waals surface area contributed by atoms with Gasteiger partial charge in [-0.2, -0.15) is 0 Å². The van der Waals surface area contributed by atoms with Crippen molar-refractivity contribution in [3.05, 3.63) is 0 Å². The van der Waals surface area contributed by atoms with E-state index >= 15 is 0 Å². The molecule has 0 aromatic rings. The molecule has 1 saturated heterocycles. The predicted octanol–water partition coefficient (Wildman–Crippen LogP) is 3.77. The highest BCUT2D eigenvalue weighted by Crippen LogP contribution is 2.34. The normalized spacial score (nSPS) is 29.1. The van der Waals surface area contributed by atoms with E-state index < -0.39 is 0 Å². The SMILES string of the molecule is CC(C)CNC1CC(CC(C)(C)C)CN(CC2CC2)C1.